The highest BCUT2D eigenvalue weighted by Gasteiger charge is 2.27. The molecule has 0 aromatic heterocycles. The molecule has 1 heterocycles. The summed E-state index contributed by atoms with van der Waals surface area (Å²) >= 11 is 0. The molecule has 0 N–H and O–H groups in total. The molecule has 0 spiro atoms. The molecular weight excluding hydrogens is 160 g/mol. The van der Waals surface area contributed by atoms with Gasteiger partial charge in [-0.15, -0.1) is 0 Å². The standard InChI is InChI=1S/C8H11O2S/c1-10-8(9)7-5-3-4-6-11(7)2/h3-5H,6H2,1-2H3/q+1. The summed E-state index contributed by atoms with van der Waals surface area (Å²) < 4.78 is 4.63. The van der Waals surface area contributed by atoms with Crippen LogP contribution in [0.4, 0.5) is 0 Å². The summed E-state index contributed by atoms with van der Waals surface area (Å²) in [6, 6.07) is 0. The average molecular weight is 171 g/mol. The summed E-state index contributed by atoms with van der Waals surface area (Å²) in [6.07, 6.45) is 7.85. The predicted molar refractivity (Wildman–Crippen MR) is 47.4 cm³/mol. The Morgan fingerprint density at radius 3 is 3.00 bits per heavy atom. The van der Waals surface area contributed by atoms with Crippen LogP contribution in [0.15, 0.2) is 23.1 Å². The van der Waals surface area contributed by atoms with E-state index in [1.54, 1.807) is 0 Å². The maximum atomic E-state index is 11.1. The minimum Gasteiger partial charge on any atom is -0.462 e. The van der Waals surface area contributed by atoms with Crippen LogP contribution in [0.5, 0.6) is 0 Å². The number of hydrogen-bond acceptors (Lipinski definition) is 2. The normalized spacial score (nSPS) is 22.7. The third-order valence-electron chi connectivity index (χ3n) is 1.49. The van der Waals surface area contributed by atoms with Gasteiger partial charge in [0.2, 0.25) is 4.91 Å². The van der Waals surface area contributed by atoms with Crippen LogP contribution < -0.4 is 0 Å². The van der Waals surface area contributed by atoms with Gasteiger partial charge in [0.15, 0.2) is 0 Å². The molecule has 0 aliphatic carbocycles. The predicted octanol–water partition coefficient (Wildman–Crippen LogP) is 0.861. The summed E-state index contributed by atoms with van der Waals surface area (Å²) in [5.41, 5.74) is 0. The van der Waals surface area contributed by atoms with Crippen LogP contribution in [-0.4, -0.2) is 25.1 Å². The van der Waals surface area contributed by atoms with Crippen LogP contribution in [-0.2, 0) is 20.4 Å². The van der Waals surface area contributed by atoms with Crippen LogP contribution in [0.3, 0.4) is 0 Å². The van der Waals surface area contributed by atoms with Crippen LogP contribution in [0.25, 0.3) is 0 Å². The van der Waals surface area contributed by atoms with E-state index in [0.717, 1.165) is 10.7 Å². The minimum atomic E-state index is -0.194. The second-order valence-corrected chi connectivity index (χ2v) is 4.30. The van der Waals surface area contributed by atoms with Crippen LogP contribution in [0, 0.1) is 0 Å². The van der Waals surface area contributed by atoms with Crippen molar-refractivity contribution in [3.63, 3.8) is 0 Å². The van der Waals surface area contributed by atoms with E-state index >= 15 is 0 Å². The van der Waals surface area contributed by atoms with Crippen molar-refractivity contribution in [3.8, 4) is 0 Å². The lowest BCUT2D eigenvalue weighted by Crippen LogP contribution is -2.17. The van der Waals surface area contributed by atoms with Crippen molar-refractivity contribution in [1.29, 1.82) is 0 Å². The Morgan fingerprint density at radius 2 is 2.45 bits per heavy atom. The van der Waals surface area contributed by atoms with E-state index in [0.29, 0.717) is 0 Å². The summed E-state index contributed by atoms with van der Waals surface area (Å²) in [5.74, 6) is 0.765. The Bertz CT molecular complexity index is 218. The second-order valence-electron chi connectivity index (χ2n) is 2.25. The van der Waals surface area contributed by atoms with Gasteiger partial charge in [0.05, 0.1) is 7.11 Å². The molecule has 0 aromatic carbocycles. The SMILES string of the molecule is COC(=O)C1=CC=CC[S+]1C. The van der Waals surface area contributed by atoms with Crippen molar-refractivity contribution < 1.29 is 9.53 Å². The lowest BCUT2D eigenvalue weighted by molar-refractivity contribution is -0.135. The lowest BCUT2D eigenvalue weighted by atomic mass is 10.4. The van der Waals surface area contributed by atoms with Crippen LogP contribution in [0.2, 0.25) is 0 Å². The highest BCUT2D eigenvalue weighted by atomic mass is 32.2. The van der Waals surface area contributed by atoms with E-state index in [-0.39, 0.29) is 16.9 Å². The van der Waals surface area contributed by atoms with E-state index in [9.17, 15) is 4.79 Å². The maximum Gasteiger partial charge on any atom is 0.386 e. The van der Waals surface area contributed by atoms with Crippen molar-refractivity contribution >= 4 is 16.9 Å². The Balaban J connectivity index is 2.75. The first-order valence-corrected chi connectivity index (χ1v) is 5.13. The summed E-state index contributed by atoms with van der Waals surface area (Å²) in [4.78, 5) is 11.9. The minimum absolute atomic E-state index is 0.0418. The number of ether oxygens (including phenoxy) is 1. The number of rotatable bonds is 1. The number of carbonyl (C=O) groups is 1. The molecule has 0 bridgehead atoms. The van der Waals surface area contributed by atoms with Crippen molar-refractivity contribution in [2.45, 2.75) is 0 Å². The number of esters is 1. The molecule has 1 aliphatic heterocycles. The molecule has 0 fully saturated rings. The summed E-state index contributed by atoms with van der Waals surface area (Å²) in [5, 5.41) is 0. The molecule has 0 radical (unpaired) electrons. The van der Waals surface area contributed by atoms with E-state index < -0.39 is 0 Å². The molecule has 0 amide bonds. The number of hydrogen-bond donors (Lipinski definition) is 0. The monoisotopic (exact) mass is 171 g/mol. The molecule has 1 unspecified atom stereocenters. The van der Waals surface area contributed by atoms with Crippen molar-refractivity contribution in [2.24, 2.45) is 0 Å². The highest BCUT2D eigenvalue weighted by Crippen LogP contribution is 2.14. The van der Waals surface area contributed by atoms with Crippen LogP contribution in [0.1, 0.15) is 0 Å². The quantitative estimate of drug-likeness (QED) is 0.432. The summed E-state index contributed by atoms with van der Waals surface area (Å²) in [7, 11) is 1.46. The number of carbonyl (C=O) groups excluding carboxylic acids is 1. The smallest absolute Gasteiger partial charge is 0.386 e. The molecule has 11 heavy (non-hydrogen) atoms. The zero-order valence-corrected chi connectivity index (χ0v) is 7.48. The fraction of sp³-hybridized carbons (Fsp3) is 0.375. The van der Waals surface area contributed by atoms with E-state index in [1.807, 2.05) is 18.4 Å². The zero-order chi connectivity index (χ0) is 8.27. The molecule has 3 heteroatoms. The van der Waals surface area contributed by atoms with E-state index in [4.69, 9.17) is 0 Å². The molecule has 1 atom stereocenters. The van der Waals surface area contributed by atoms with Crippen molar-refractivity contribution in [2.75, 3.05) is 19.1 Å². The first-order chi connectivity index (χ1) is 5.25. The highest BCUT2D eigenvalue weighted by molar-refractivity contribution is 8.01. The average Bonchev–Trinajstić information content (AvgIpc) is 2.04. The fourth-order valence-electron chi connectivity index (χ4n) is 0.872. The van der Waals surface area contributed by atoms with Gasteiger partial charge < -0.3 is 4.74 Å². The Labute approximate surface area is 69.3 Å². The van der Waals surface area contributed by atoms with Gasteiger partial charge in [-0.1, -0.05) is 6.08 Å². The van der Waals surface area contributed by atoms with Gasteiger partial charge in [-0.05, 0) is 6.08 Å². The Hall–Kier alpha value is -0.700. The fourth-order valence-corrected chi connectivity index (χ4v) is 2.13. The molecule has 2 nitrogen and oxygen atoms in total. The Kier molecular flexibility index (Phi) is 2.76. The van der Waals surface area contributed by atoms with Gasteiger partial charge in [0, 0.05) is 17.0 Å². The van der Waals surface area contributed by atoms with Crippen molar-refractivity contribution in [1.82, 2.24) is 0 Å². The molecular formula is C8H11O2S+. The van der Waals surface area contributed by atoms with E-state index in [2.05, 4.69) is 10.8 Å². The van der Waals surface area contributed by atoms with Gasteiger partial charge in [-0.2, -0.15) is 0 Å². The number of methoxy groups -OCH3 is 1. The molecule has 60 valence electrons. The van der Waals surface area contributed by atoms with Gasteiger partial charge >= 0.3 is 5.97 Å². The third kappa shape index (κ3) is 1.87. The summed E-state index contributed by atoms with van der Waals surface area (Å²) in [6.45, 7) is 0. The zero-order valence-electron chi connectivity index (χ0n) is 6.66. The van der Waals surface area contributed by atoms with E-state index in [1.165, 1.54) is 7.11 Å². The second kappa shape index (κ2) is 3.62. The molecule has 0 saturated carbocycles. The largest absolute Gasteiger partial charge is 0.462 e. The van der Waals surface area contributed by atoms with Crippen molar-refractivity contribution in [3.05, 3.63) is 23.1 Å². The topological polar surface area (TPSA) is 26.3 Å². The molecule has 0 saturated heterocycles. The lowest BCUT2D eigenvalue weighted by Gasteiger charge is -2.05. The molecule has 0 aromatic rings. The van der Waals surface area contributed by atoms with Gasteiger partial charge in [-0.25, -0.2) is 4.79 Å². The first-order valence-electron chi connectivity index (χ1n) is 3.33. The van der Waals surface area contributed by atoms with Gasteiger partial charge in [0.1, 0.15) is 12.0 Å². The van der Waals surface area contributed by atoms with Crippen LogP contribution >= 0.6 is 0 Å². The molecule has 1 aliphatic rings. The molecule has 1 rings (SSSR count). The van der Waals surface area contributed by atoms with Gasteiger partial charge in [-0.3, -0.25) is 0 Å². The first kappa shape index (κ1) is 8.40. The van der Waals surface area contributed by atoms with Gasteiger partial charge in [0.25, 0.3) is 0 Å². The number of allylic oxidation sites excluding steroid dienone is 2. The maximum absolute atomic E-state index is 11.1. The third-order valence-corrected chi connectivity index (χ3v) is 3.24. The Morgan fingerprint density at radius 1 is 1.73 bits per heavy atom.